The maximum atomic E-state index is 13.6. The number of hydrogen-bond acceptors (Lipinski definition) is 9. The summed E-state index contributed by atoms with van der Waals surface area (Å²) in [6.45, 7) is 0.773. The summed E-state index contributed by atoms with van der Waals surface area (Å²) in [5.41, 5.74) is 3.37. The molecule has 0 spiro atoms. The minimum Gasteiger partial charge on any atom is -0.493 e. The first-order valence-corrected chi connectivity index (χ1v) is 12.7. The number of ether oxygens (including phenoxy) is 3. The number of carbonyl (C=O) groups excluding carboxylic acids is 2. The van der Waals surface area contributed by atoms with Crippen LogP contribution in [-0.2, 0) is 14.3 Å². The number of aromatic nitrogens is 2. The molecule has 1 N–H and O–H groups in total. The number of allylic oxidation sites excluding steroid dienone is 4. The molecule has 1 aromatic heterocycles. The first-order valence-electron chi connectivity index (χ1n) is 12.7. The molecule has 41 heavy (non-hydrogen) atoms. The number of rotatable bonds is 10. The van der Waals surface area contributed by atoms with E-state index in [2.05, 4.69) is 15.3 Å². The highest BCUT2D eigenvalue weighted by atomic mass is 19.1. The van der Waals surface area contributed by atoms with E-state index < -0.39 is 0 Å². The number of carbonyl (C=O) groups is 2. The van der Waals surface area contributed by atoms with Crippen LogP contribution in [0.2, 0.25) is 0 Å². The lowest BCUT2D eigenvalue weighted by molar-refractivity contribution is -0.113. The molecular weight excluding hydrogens is 527 g/mol. The van der Waals surface area contributed by atoms with Crippen LogP contribution < -0.4 is 19.7 Å². The lowest BCUT2D eigenvalue weighted by Crippen LogP contribution is -2.15. The maximum Gasteiger partial charge on any atom is 0.186 e. The van der Waals surface area contributed by atoms with Gasteiger partial charge in [0.05, 0.1) is 19.2 Å². The summed E-state index contributed by atoms with van der Waals surface area (Å²) >= 11 is 0. The van der Waals surface area contributed by atoms with Gasteiger partial charge in [0, 0.05) is 53.8 Å². The van der Waals surface area contributed by atoms with Gasteiger partial charge in [0.1, 0.15) is 24.6 Å². The van der Waals surface area contributed by atoms with Crippen LogP contribution in [0, 0.1) is 5.82 Å². The van der Waals surface area contributed by atoms with Crippen LogP contribution in [0.4, 0.5) is 27.3 Å². The van der Waals surface area contributed by atoms with Crippen molar-refractivity contribution in [3.8, 4) is 11.5 Å². The van der Waals surface area contributed by atoms with E-state index in [0.717, 1.165) is 0 Å². The van der Waals surface area contributed by atoms with E-state index >= 15 is 0 Å². The molecule has 4 aromatic rings. The van der Waals surface area contributed by atoms with E-state index in [9.17, 15) is 14.0 Å². The lowest BCUT2D eigenvalue weighted by Gasteiger charge is -2.24. The minimum absolute atomic E-state index is 0.247. The zero-order valence-electron chi connectivity index (χ0n) is 22.7. The van der Waals surface area contributed by atoms with Crippen LogP contribution in [0.1, 0.15) is 5.56 Å². The average molecular weight is 555 g/mol. The number of anilines is 4. The Labute approximate surface area is 235 Å². The van der Waals surface area contributed by atoms with Crippen LogP contribution >= 0.6 is 0 Å². The van der Waals surface area contributed by atoms with Gasteiger partial charge in [-0.3, -0.25) is 9.59 Å². The van der Waals surface area contributed by atoms with Gasteiger partial charge in [0.2, 0.25) is 0 Å². The highest BCUT2D eigenvalue weighted by molar-refractivity contribution is 6.34. The van der Waals surface area contributed by atoms with Crippen LogP contribution in [0.25, 0.3) is 16.5 Å². The van der Waals surface area contributed by atoms with Gasteiger partial charge in [-0.15, -0.1) is 0 Å². The molecule has 0 saturated heterocycles. The molecule has 0 fully saturated rings. The Morgan fingerprint density at radius 2 is 1.73 bits per heavy atom. The van der Waals surface area contributed by atoms with E-state index in [1.807, 2.05) is 17.0 Å². The van der Waals surface area contributed by atoms with Gasteiger partial charge in [-0.1, -0.05) is 0 Å². The van der Waals surface area contributed by atoms with Crippen molar-refractivity contribution >= 4 is 50.9 Å². The van der Waals surface area contributed by atoms with Crippen molar-refractivity contribution in [1.29, 1.82) is 0 Å². The summed E-state index contributed by atoms with van der Waals surface area (Å²) in [6, 6.07) is 15.0. The SMILES string of the molecule is COCCOc1cc2ncnc(Nc3ccc(N(C)c4ccc(F)cc4)c(C4=CC(=O)C=CC4=O)c3)c2cc1OC. The molecule has 3 aromatic carbocycles. The molecular formula is C31H27FN4O5. The van der Waals surface area contributed by atoms with Gasteiger partial charge < -0.3 is 24.4 Å². The quantitative estimate of drug-likeness (QED) is 0.204. The van der Waals surface area contributed by atoms with Gasteiger partial charge in [-0.2, -0.15) is 0 Å². The molecule has 0 unspecified atom stereocenters. The number of methoxy groups -OCH3 is 2. The highest BCUT2D eigenvalue weighted by Crippen LogP contribution is 2.38. The van der Waals surface area contributed by atoms with E-state index in [1.165, 1.54) is 36.7 Å². The molecule has 0 amide bonds. The molecule has 208 valence electrons. The fraction of sp³-hybridized carbons (Fsp3) is 0.161. The monoisotopic (exact) mass is 554 g/mol. The summed E-state index contributed by atoms with van der Waals surface area (Å²) in [6.07, 6.45) is 5.25. The maximum absolute atomic E-state index is 13.6. The number of benzene rings is 3. The molecule has 0 bridgehead atoms. The molecule has 9 nitrogen and oxygen atoms in total. The number of nitrogens with zero attached hydrogens (tertiary/aromatic N) is 3. The second-order valence-corrected chi connectivity index (χ2v) is 9.13. The number of nitrogens with one attached hydrogen (secondary N) is 1. The van der Waals surface area contributed by atoms with Crippen LogP contribution in [-0.4, -0.2) is 56.0 Å². The normalized spacial score (nSPS) is 12.8. The molecule has 0 aliphatic heterocycles. The zero-order valence-corrected chi connectivity index (χ0v) is 22.7. The van der Waals surface area contributed by atoms with Crippen LogP contribution in [0.3, 0.4) is 0 Å². The predicted molar refractivity (Wildman–Crippen MR) is 155 cm³/mol. The molecule has 1 aliphatic carbocycles. The van der Waals surface area contributed by atoms with Gasteiger partial charge in [-0.05, 0) is 66.8 Å². The van der Waals surface area contributed by atoms with Gasteiger partial charge in [0.15, 0.2) is 23.1 Å². The summed E-state index contributed by atoms with van der Waals surface area (Å²) in [4.78, 5) is 35.8. The Hall–Kier alpha value is -5.09. The van der Waals surface area contributed by atoms with Gasteiger partial charge in [0.25, 0.3) is 0 Å². The first-order chi connectivity index (χ1) is 19.9. The van der Waals surface area contributed by atoms with Gasteiger partial charge in [-0.25, -0.2) is 14.4 Å². The fourth-order valence-electron chi connectivity index (χ4n) is 4.45. The Morgan fingerprint density at radius 1 is 0.927 bits per heavy atom. The lowest BCUT2D eigenvalue weighted by atomic mass is 9.94. The Kier molecular flexibility index (Phi) is 8.02. The third-order valence-electron chi connectivity index (χ3n) is 6.54. The fourth-order valence-corrected chi connectivity index (χ4v) is 4.45. The van der Waals surface area contributed by atoms with Crippen molar-refractivity contribution in [2.45, 2.75) is 0 Å². The summed E-state index contributed by atoms with van der Waals surface area (Å²) in [5, 5.41) is 4.00. The Balaban J connectivity index is 1.55. The number of halogens is 1. The van der Waals surface area contributed by atoms with Gasteiger partial charge >= 0.3 is 0 Å². The number of hydrogen-bond donors (Lipinski definition) is 1. The van der Waals surface area contributed by atoms with Crippen LogP contribution in [0.15, 0.2) is 79.2 Å². The number of ketones is 2. The Bertz CT molecular complexity index is 1680. The van der Waals surface area contributed by atoms with E-state index in [1.54, 1.807) is 51.6 Å². The second-order valence-electron chi connectivity index (χ2n) is 9.13. The van der Waals surface area contributed by atoms with Crippen molar-refractivity contribution in [2.24, 2.45) is 0 Å². The van der Waals surface area contributed by atoms with E-state index in [-0.39, 0.29) is 23.0 Å². The number of fused-ring (bicyclic) bond motifs is 1. The first kappa shape index (κ1) is 27.5. The van der Waals surface area contributed by atoms with Crippen LogP contribution in [0.5, 0.6) is 11.5 Å². The highest BCUT2D eigenvalue weighted by Gasteiger charge is 2.22. The molecule has 10 heteroatoms. The predicted octanol–water partition coefficient (Wildman–Crippen LogP) is 5.41. The zero-order chi connectivity index (χ0) is 28.9. The standard InChI is InChI=1S/C31H27FN4O5/c1-36(21-7-4-19(32)5-8-21)27-10-6-20(14-23(27)24-15-22(37)9-11-28(24)38)35-31-25-16-29(40-3)30(41-13-12-39-2)17-26(25)33-18-34-31/h4-11,14-18H,12-13H2,1-3H3,(H,33,34,35). The summed E-state index contributed by atoms with van der Waals surface area (Å²) in [5.74, 6) is 0.594. The molecule has 0 atom stereocenters. The summed E-state index contributed by atoms with van der Waals surface area (Å²) in [7, 11) is 4.95. The smallest absolute Gasteiger partial charge is 0.186 e. The average Bonchev–Trinajstić information content (AvgIpc) is 2.98. The van der Waals surface area contributed by atoms with Crippen molar-refractivity contribution in [2.75, 3.05) is 44.7 Å². The Morgan fingerprint density at radius 3 is 2.49 bits per heavy atom. The largest absolute Gasteiger partial charge is 0.493 e. The summed E-state index contributed by atoms with van der Waals surface area (Å²) < 4.78 is 30.0. The van der Waals surface area contributed by atoms with Crippen molar-refractivity contribution in [3.05, 3.63) is 90.5 Å². The van der Waals surface area contributed by atoms with Crippen molar-refractivity contribution in [3.63, 3.8) is 0 Å². The van der Waals surface area contributed by atoms with Crippen molar-refractivity contribution in [1.82, 2.24) is 9.97 Å². The van der Waals surface area contributed by atoms with Crippen molar-refractivity contribution < 1.29 is 28.2 Å². The molecule has 0 saturated carbocycles. The molecule has 5 rings (SSSR count). The third-order valence-corrected chi connectivity index (χ3v) is 6.54. The topological polar surface area (TPSA) is 103 Å². The minimum atomic E-state index is -0.356. The molecule has 1 heterocycles. The van der Waals surface area contributed by atoms with E-state index in [4.69, 9.17) is 14.2 Å². The molecule has 1 aliphatic rings. The molecule has 0 radical (unpaired) electrons. The second kappa shape index (κ2) is 12.0. The van der Waals surface area contributed by atoms with E-state index in [0.29, 0.717) is 64.1 Å². The third kappa shape index (κ3) is 5.92.